The molecule has 0 saturated carbocycles. The van der Waals surface area contributed by atoms with Crippen LogP contribution in [0, 0.1) is 51.4 Å². The van der Waals surface area contributed by atoms with Crippen LogP contribution in [-0.4, -0.2) is 4.98 Å². The highest BCUT2D eigenvalue weighted by molar-refractivity contribution is 6.20. The summed E-state index contributed by atoms with van der Waals surface area (Å²) >= 11 is 0. The Labute approximate surface area is 186 Å². The van der Waals surface area contributed by atoms with Crippen molar-refractivity contribution in [1.29, 1.82) is 15.8 Å². The summed E-state index contributed by atoms with van der Waals surface area (Å²) in [7, 11) is 0. The zero-order valence-corrected chi connectivity index (χ0v) is 16.6. The molecule has 2 aliphatic rings. The molecule has 0 bridgehead atoms. The minimum Gasteiger partial charge on any atom is -0.256 e. The van der Waals surface area contributed by atoms with Crippen molar-refractivity contribution >= 4 is 16.7 Å². The van der Waals surface area contributed by atoms with Crippen molar-refractivity contribution in [3.63, 3.8) is 0 Å². The van der Waals surface area contributed by atoms with Gasteiger partial charge in [0.1, 0.15) is 23.5 Å². The number of allylic oxidation sites excluding steroid dienone is 5. The second-order valence-electron chi connectivity index (χ2n) is 7.26. The fourth-order valence-electron chi connectivity index (χ4n) is 4.48. The fourth-order valence-corrected chi connectivity index (χ4v) is 4.48. The molecular weight excluding hydrogens is 425 g/mol. The predicted molar refractivity (Wildman–Crippen MR) is 114 cm³/mol. The lowest BCUT2D eigenvalue weighted by Gasteiger charge is -2.12. The van der Waals surface area contributed by atoms with Crippen molar-refractivity contribution in [1.82, 2.24) is 4.98 Å². The van der Waals surface area contributed by atoms with E-state index in [1.807, 2.05) is 18.2 Å². The molecule has 154 valence electrons. The Bertz CT molecular complexity index is 1560. The van der Waals surface area contributed by atoms with E-state index in [9.17, 15) is 20.2 Å². The number of halogens is 3. The Morgan fingerprint density at radius 1 is 0.818 bits per heavy atom. The van der Waals surface area contributed by atoms with Gasteiger partial charge < -0.3 is 0 Å². The van der Waals surface area contributed by atoms with Gasteiger partial charge in [0.05, 0.1) is 11.8 Å². The van der Waals surface area contributed by atoms with E-state index in [-0.39, 0.29) is 22.3 Å². The van der Waals surface area contributed by atoms with Crippen LogP contribution in [0.15, 0.2) is 65.9 Å². The molecule has 0 amide bonds. The first-order valence-electron chi connectivity index (χ1n) is 9.66. The van der Waals surface area contributed by atoms with Gasteiger partial charge in [-0.05, 0) is 11.6 Å². The van der Waals surface area contributed by atoms with Crippen molar-refractivity contribution in [3.05, 3.63) is 106 Å². The first-order valence-corrected chi connectivity index (χ1v) is 9.66. The number of rotatable bonds is 0. The zero-order valence-electron chi connectivity index (χ0n) is 16.6. The summed E-state index contributed by atoms with van der Waals surface area (Å²) in [6.07, 6.45) is 2.61. The molecule has 0 N–H and O–H groups in total. The SMILES string of the molecule is N#CC=C1/C(=C2/c3ccccc3-c3ncccc32)C(=C(C#N)C#N)c2c(F)c(F)cc(F)c21. The quantitative estimate of drug-likeness (QED) is 0.262. The summed E-state index contributed by atoms with van der Waals surface area (Å²) in [6.45, 7) is 0. The molecule has 0 atom stereocenters. The van der Waals surface area contributed by atoms with E-state index in [1.165, 1.54) is 0 Å². The van der Waals surface area contributed by atoms with E-state index in [1.54, 1.807) is 42.6 Å². The zero-order chi connectivity index (χ0) is 23.3. The summed E-state index contributed by atoms with van der Waals surface area (Å²) < 4.78 is 44.4. The van der Waals surface area contributed by atoms with Crippen molar-refractivity contribution in [2.24, 2.45) is 0 Å². The Hall–Kier alpha value is -4.93. The minimum atomic E-state index is -1.46. The molecule has 0 aliphatic heterocycles. The number of benzene rings is 2. The number of nitriles is 3. The van der Waals surface area contributed by atoms with Crippen LogP contribution in [0.1, 0.15) is 22.3 Å². The number of hydrogen-bond acceptors (Lipinski definition) is 4. The lowest BCUT2D eigenvalue weighted by atomic mass is 9.89. The maximum absolute atomic E-state index is 15.1. The topological polar surface area (TPSA) is 84.3 Å². The minimum absolute atomic E-state index is 0.0385. The number of pyridine rings is 1. The van der Waals surface area contributed by atoms with Gasteiger partial charge in [-0.2, -0.15) is 15.8 Å². The first kappa shape index (κ1) is 20.0. The van der Waals surface area contributed by atoms with Crippen LogP contribution >= 0.6 is 0 Å². The number of aromatic nitrogens is 1. The average molecular weight is 434 g/mol. The fraction of sp³-hybridized carbons (Fsp3) is 0. The van der Waals surface area contributed by atoms with Gasteiger partial charge >= 0.3 is 0 Å². The number of nitrogens with zero attached hydrogens (tertiary/aromatic N) is 4. The van der Waals surface area contributed by atoms with Gasteiger partial charge in [-0.25, -0.2) is 13.2 Å². The molecule has 2 aliphatic carbocycles. The highest BCUT2D eigenvalue weighted by Gasteiger charge is 2.40. The Balaban J connectivity index is 2.07. The second-order valence-corrected chi connectivity index (χ2v) is 7.26. The Morgan fingerprint density at radius 3 is 2.21 bits per heavy atom. The van der Waals surface area contributed by atoms with Gasteiger partial charge in [0, 0.05) is 62.9 Å². The molecule has 1 aromatic heterocycles. The van der Waals surface area contributed by atoms with Crippen LogP contribution in [0.3, 0.4) is 0 Å². The van der Waals surface area contributed by atoms with Gasteiger partial charge in [-0.15, -0.1) is 0 Å². The van der Waals surface area contributed by atoms with Crippen molar-refractivity contribution in [2.45, 2.75) is 0 Å². The summed E-state index contributed by atoms with van der Waals surface area (Å²) in [4.78, 5) is 4.43. The third kappa shape index (κ3) is 2.65. The van der Waals surface area contributed by atoms with Crippen LogP contribution in [0.5, 0.6) is 0 Å². The lowest BCUT2D eigenvalue weighted by Crippen LogP contribution is -1.98. The van der Waals surface area contributed by atoms with Gasteiger partial charge in [0.15, 0.2) is 11.6 Å². The van der Waals surface area contributed by atoms with Crippen LogP contribution < -0.4 is 0 Å². The summed E-state index contributed by atoms with van der Waals surface area (Å²) in [5, 5.41) is 28.8. The molecule has 5 rings (SSSR count). The van der Waals surface area contributed by atoms with E-state index >= 15 is 8.78 Å². The highest BCUT2D eigenvalue weighted by atomic mass is 19.2. The molecular formula is C26H9F3N4. The normalized spacial score (nSPS) is 16.5. The number of hydrogen-bond donors (Lipinski definition) is 0. The Morgan fingerprint density at radius 2 is 1.52 bits per heavy atom. The van der Waals surface area contributed by atoms with Gasteiger partial charge in [0.25, 0.3) is 0 Å². The van der Waals surface area contributed by atoms with Crippen LogP contribution in [0.2, 0.25) is 0 Å². The molecule has 7 heteroatoms. The summed E-state index contributed by atoms with van der Waals surface area (Å²) in [5.74, 6) is -3.97. The van der Waals surface area contributed by atoms with Gasteiger partial charge in [-0.3, -0.25) is 4.98 Å². The molecule has 2 aromatic carbocycles. The highest BCUT2D eigenvalue weighted by Crippen LogP contribution is 2.56. The molecule has 3 aromatic rings. The monoisotopic (exact) mass is 434 g/mol. The van der Waals surface area contributed by atoms with E-state index in [4.69, 9.17) is 0 Å². The Kier molecular flexibility index (Phi) is 4.45. The van der Waals surface area contributed by atoms with Gasteiger partial charge in [-0.1, -0.05) is 30.3 Å². The van der Waals surface area contributed by atoms with Crippen LogP contribution in [0.4, 0.5) is 13.2 Å². The predicted octanol–water partition coefficient (Wildman–Crippen LogP) is 5.70. The largest absolute Gasteiger partial charge is 0.256 e. The maximum Gasteiger partial charge on any atom is 0.167 e. The molecule has 0 spiro atoms. The van der Waals surface area contributed by atoms with E-state index < -0.39 is 28.6 Å². The average Bonchev–Trinajstić information content (AvgIpc) is 3.32. The van der Waals surface area contributed by atoms with Crippen molar-refractivity contribution < 1.29 is 13.2 Å². The third-order valence-electron chi connectivity index (χ3n) is 5.67. The van der Waals surface area contributed by atoms with Crippen molar-refractivity contribution in [3.8, 4) is 29.5 Å². The van der Waals surface area contributed by atoms with Crippen molar-refractivity contribution in [2.75, 3.05) is 0 Å². The molecule has 1 heterocycles. The van der Waals surface area contributed by atoms with Gasteiger partial charge in [0.2, 0.25) is 0 Å². The smallest absolute Gasteiger partial charge is 0.167 e. The van der Waals surface area contributed by atoms with E-state index in [2.05, 4.69) is 4.98 Å². The second kappa shape index (κ2) is 7.34. The molecule has 0 unspecified atom stereocenters. The first-order chi connectivity index (χ1) is 16.0. The molecule has 33 heavy (non-hydrogen) atoms. The molecule has 0 fully saturated rings. The van der Waals surface area contributed by atoms with E-state index in [0.29, 0.717) is 28.5 Å². The maximum atomic E-state index is 15.1. The standard InChI is InChI=1S/C26H9F3N4/c27-18-10-19(28)25(29)24-20(13(11-31)12-32)23(16(7-8-30)22(18)24)21-14-4-1-2-5-15(14)26-17(21)6-3-9-33-26/h1-7,9-10H/b16-7?,23-21+. The summed E-state index contributed by atoms with van der Waals surface area (Å²) in [5.41, 5.74) is 1.39. The number of fused-ring (bicyclic) bond motifs is 4. The molecule has 0 saturated heterocycles. The van der Waals surface area contributed by atoms with Crippen LogP contribution in [-0.2, 0) is 0 Å². The van der Waals surface area contributed by atoms with E-state index in [0.717, 1.165) is 11.6 Å². The molecule has 0 radical (unpaired) electrons. The molecule has 4 nitrogen and oxygen atoms in total. The summed E-state index contributed by atoms with van der Waals surface area (Å²) in [6, 6.07) is 16.2. The van der Waals surface area contributed by atoms with Crippen LogP contribution in [0.25, 0.3) is 28.0 Å². The third-order valence-corrected chi connectivity index (χ3v) is 5.67. The lowest BCUT2D eigenvalue weighted by molar-refractivity contribution is 0.492.